The maximum absolute atomic E-state index is 12.8. The Morgan fingerprint density at radius 1 is 1.45 bits per heavy atom. The van der Waals surface area contributed by atoms with E-state index in [1.165, 1.54) is 30.6 Å². The largest absolute Gasteiger partial charge is 0.484 e. The smallest absolute Gasteiger partial charge is 0.258 e. The van der Waals surface area contributed by atoms with Crippen molar-refractivity contribution in [3.63, 3.8) is 0 Å². The van der Waals surface area contributed by atoms with Crippen molar-refractivity contribution in [1.29, 1.82) is 0 Å². The molecule has 3 rings (SSSR count). The molecule has 1 aliphatic carbocycles. The number of ether oxygens (including phenoxy) is 1. The average Bonchev–Trinajstić information content (AvgIpc) is 3.26. The molecule has 1 aromatic carbocycles. The molecule has 1 N–H and O–H groups in total. The summed E-state index contributed by atoms with van der Waals surface area (Å²) in [5.41, 5.74) is 0. The third kappa shape index (κ3) is 3.41. The number of amides is 1. The second-order valence-corrected chi connectivity index (χ2v) is 5.37. The number of hydrogen-bond donors (Lipinski definition) is 1. The van der Waals surface area contributed by atoms with Crippen LogP contribution in [0.2, 0.25) is 0 Å². The number of nitrogens with one attached hydrogen (secondary N) is 1. The first kappa shape index (κ1) is 14.5. The molecule has 1 fully saturated rings. The Hall–Kier alpha value is -2.44. The Kier molecular flexibility index (Phi) is 4.04. The highest BCUT2D eigenvalue weighted by atomic mass is 19.1. The number of nitrogens with zero attached hydrogens (tertiary/aromatic N) is 3. The third-order valence-corrected chi connectivity index (χ3v) is 3.62. The lowest BCUT2D eigenvalue weighted by Gasteiger charge is -2.17. The minimum absolute atomic E-state index is 0.118. The number of benzene rings is 1. The van der Waals surface area contributed by atoms with Gasteiger partial charge >= 0.3 is 0 Å². The normalized spacial score (nSPS) is 15.4. The number of halogens is 1. The van der Waals surface area contributed by atoms with Crippen molar-refractivity contribution in [2.24, 2.45) is 13.0 Å². The second-order valence-electron chi connectivity index (χ2n) is 5.37. The van der Waals surface area contributed by atoms with Crippen LogP contribution in [-0.4, -0.2) is 27.3 Å². The van der Waals surface area contributed by atoms with Crippen molar-refractivity contribution in [3.8, 4) is 5.75 Å². The van der Waals surface area contributed by atoms with E-state index in [9.17, 15) is 9.18 Å². The molecular weight excluding hydrogens is 287 g/mol. The quantitative estimate of drug-likeness (QED) is 0.880. The Labute approximate surface area is 127 Å². The van der Waals surface area contributed by atoms with Crippen LogP contribution in [0.1, 0.15) is 24.7 Å². The van der Waals surface area contributed by atoms with Gasteiger partial charge in [0.15, 0.2) is 6.61 Å². The van der Waals surface area contributed by atoms with Gasteiger partial charge in [0, 0.05) is 7.05 Å². The highest BCUT2D eigenvalue weighted by Gasteiger charge is 2.36. The summed E-state index contributed by atoms with van der Waals surface area (Å²) in [6.45, 7) is -0.118. The summed E-state index contributed by atoms with van der Waals surface area (Å²) in [6, 6.07) is 5.42. The van der Waals surface area contributed by atoms with E-state index >= 15 is 0 Å². The van der Waals surface area contributed by atoms with Gasteiger partial charge in [0.05, 0.1) is 6.04 Å². The topological polar surface area (TPSA) is 69.0 Å². The predicted octanol–water partition coefficient (Wildman–Crippen LogP) is 1.60. The zero-order valence-corrected chi connectivity index (χ0v) is 12.2. The van der Waals surface area contributed by atoms with Crippen LogP contribution >= 0.6 is 0 Å². The van der Waals surface area contributed by atoms with E-state index in [-0.39, 0.29) is 24.4 Å². The average molecular weight is 304 g/mol. The molecule has 0 radical (unpaired) electrons. The van der Waals surface area contributed by atoms with Crippen molar-refractivity contribution in [2.45, 2.75) is 18.9 Å². The summed E-state index contributed by atoms with van der Waals surface area (Å²) in [6.07, 6.45) is 3.61. The van der Waals surface area contributed by atoms with E-state index in [4.69, 9.17) is 4.74 Å². The fourth-order valence-corrected chi connectivity index (χ4v) is 2.30. The van der Waals surface area contributed by atoms with Gasteiger partial charge in [0.2, 0.25) is 0 Å². The van der Waals surface area contributed by atoms with Crippen LogP contribution in [-0.2, 0) is 11.8 Å². The molecule has 0 spiro atoms. The Bertz CT molecular complexity index is 652. The molecule has 22 heavy (non-hydrogen) atoms. The fraction of sp³-hybridized carbons (Fsp3) is 0.400. The zero-order chi connectivity index (χ0) is 15.5. The molecule has 1 heterocycles. The van der Waals surface area contributed by atoms with Gasteiger partial charge in [0.1, 0.15) is 23.7 Å². The van der Waals surface area contributed by atoms with Crippen LogP contribution in [0.15, 0.2) is 30.6 Å². The van der Waals surface area contributed by atoms with Gasteiger partial charge < -0.3 is 10.1 Å². The molecule has 7 heteroatoms. The zero-order valence-electron chi connectivity index (χ0n) is 12.2. The molecule has 6 nitrogen and oxygen atoms in total. The van der Waals surface area contributed by atoms with Gasteiger partial charge in [-0.25, -0.2) is 9.37 Å². The van der Waals surface area contributed by atoms with Gasteiger partial charge in [0.25, 0.3) is 5.91 Å². The van der Waals surface area contributed by atoms with E-state index in [0.717, 1.165) is 18.7 Å². The number of hydrogen-bond acceptors (Lipinski definition) is 4. The molecule has 116 valence electrons. The van der Waals surface area contributed by atoms with Crippen LogP contribution in [0, 0.1) is 11.7 Å². The van der Waals surface area contributed by atoms with E-state index in [2.05, 4.69) is 15.4 Å². The Morgan fingerprint density at radius 3 is 2.77 bits per heavy atom. The fourth-order valence-electron chi connectivity index (χ4n) is 2.30. The maximum atomic E-state index is 12.8. The molecule has 1 amide bonds. The van der Waals surface area contributed by atoms with Gasteiger partial charge in [-0.1, -0.05) is 0 Å². The first-order valence-corrected chi connectivity index (χ1v) is 7.15. The third-order valence-electron chi connectivity index (χ3n) is 3.62. The number of carbonyl (C=O) groups excluding carboxylic acids is 1. The standard InChI is InChI=1S/C15H17FN4O2/c1-20-15(17-9-18-20)14(10-2-3-10)19-13(21)8-22-12-6-4-11(16)5-7-12/h4-7,9-10,14H,2-3,8H2,1H3,(H,19,21)/t14-/m0/s1. The van der Waals surface area contributed by atoms with E-state index in [1.807, 2.05) is 0 Å². The Balaban J connectivity index is 1.58. The first-order chi connectivity index (χ1) is 10.6. The van der Waals surface area contributed by atoms with Gasteiger partial charge in [-0.3, -0.25) is 9.48 Å². The summed E-state index contributed by atoms with van der Waals surface area (Å²) in [5.74, 6) is 1.03. The highest BCUT2D eigenvalue weighted by Crippen LogP contribution is 2.40. The number of aromatic nitrogens is 3. The van der Waals surface area contributed by atoms with E-state index in [0.29, 0.717) is 11.7 Å². The van der Waals surface area contributed by atoms with Crippen molar-refractivity contribution in [1.82, 2.24) is 20.1 Å². The minimum atomic E-state index is -0.340. The monoisotopic (exact) mass is 304 g/mol. The summed E-state index contributed by atoms with van der Waals surface area (Å²) in [5, 5.41) is 6.99. The number of aryl methyl sites for hydroxylation is 1. The molecule has 2 aromatic rings. The van der Waals surface area contributed by atoms with Gasteiger partial charge in [-0.05, 0) is 43.0 Å². The molecule has 0 aliphatic heterocycles. The van der Waals surface area contributed by atoms with Crippen LogP contribution < -0.4 is 10.1 Å². The molecule has 1 aliphatic rings. The molecule has 0 bridgehead atoms. The van der Waals surface area contributed by atoms with Crippen LogP contribution in [0.25, 0.3) is 0 Å². The number of rotatable bonds is 6. The SMILES string of the molecule is Cn1ncnc1[C@@H](NC(=O)COc1ccc(F)cc1)C1CC1. The summed E-state index contributed by atoms with van der Waals surface area (Å²) in [7, 11) is 1.80. The van der Waals surface area contributed by atoms with Gasteiger partial charge in [-0.2, -0.15) is 5.10 Å². The van der Waals surface area contributed by atoms with E-state index in [1.54, 1.807) is 11.7 Å². The van der Waals surface area contributed by atoms with Crippen LogP contribution in [0.3, 0.4) is 0 Å². The summed E-state index contributed by atoms with van der Waals surface area (Å²) in [4.78, 5) is 16.3. The van der Waals surface area contributed by atoms with Crippen molar-refractivity contribution >= 4 is 5.91 Å². The molecule has 1 aromatic heterocycles. The molecule has 1 atom stereocenters. The lowest BCUT2D eigenvalue weighted by atomic mass is 10.1. The van der Waals surface area contributed by atoms with Gasteiger partial charge in [-0.15, -0.1) is 0 Å². The lowest BCUT2D eigenvalue weighted by molar-refractivity contribution is -0.124. The second kappa shape index (κ2) is 6.13. The maximum Gasteiger partial charge on any atom is 0.258 e. The molecular formula is C15H17FN4O2. The predicted molar refractivity (Wildman–Crippen MR) is 76.5 cm³/mol. The lowest BCUT2D eigenvalue weighted by Crippen LogP contribution is -2.35. The highest BCUT2D eigenvalue weighted by molar-refractivity contribution is 5.78. The molecule has 0 saturated heterocycles. The summed E-state index contributed by atoms with van der Waals surface area (Å²) >= 11 is 0. The van der Waals surface area contributed by atoms with E-state index < -0.39 is 0 Å². The van der Waals surface area contributed by atoms with Crippen molar-refractivity contribution in [3.05, 3.63) is 42.2 Å². The first-order valence-electron chi connectivity index (χ1n) is 7.15. The Morgan fingerprint density at radius 2 is 2.18 bits per heavy atom. The molecule has 1 saturated carbocycles. The van der Waals surface area contributed by atoms with Crippen molar-refractivity contribution < 1.29 is 13.9 Å². The number of carbonyl (C=O) groups is 1. The molecule has 0 unspecified atom stereocenters. The summed E-state index contributed by atoms with van der Waals surface area (Å²) < 4.78 is 19.8. The van der Waals surface area contributed by atoms with Crippen LogP contribution in [0.4, 0.5) is 4.39 Å². The van der Waals surface area contributed by atoms with Crippen molar-refractivity contribution in [2.75, 3.05) is 6.61 Å². The minimum Gasteiger partial charge on any atom is -0.484 e. The van der Waals surface area contributed by atoms with Crippen LogP contribution in [0.5, 0.6) is 5.75 Å².